The summed E-state index contributed by atoms with van der Waals surface area (Å²) in [7, 11) is 0. The Morgan fingerprint density at radius 2 is 1.54 bits per heavy atom. The van der Waals surface area contributed by atoms with E-state index in [1.54, 1.807) is 30.3 Å². The number of hydrogen-bond acceptors (Lipinski definition) is 9. The number of benzene rings is 4. The highest BCUT2D eigenvalue weighted by Crippen LogP contribution is 2.35. The van der Waals surface area contributed by atoms with Gasteiger partial charge >= 0.3 is 5.69 Å². The van der Waals surface area contributed by atoms with Gasteiger partial charge < -0.3 is 10.2 Å². The Balaban J connectivity index is 1.31. The van der Waals surface area contributed by atoms with Gasteiger partial charge in [0.2, 0.25) is 5.75 Å². The first-order chi connectivity index (χ1) is 19.9. The van der Waals surface area contributed by atoms with E-state index in [0.29, 0.717) is 5.56 Å². The summed E-state index contributed by atoms with van der Waals surface area (Å²) in [6.45, 7) is 0. The van der Waals surface area contributed by atoms with Gasteiger partial charge in [-0.15, -0.1) is 0 Å². The molecule has 204 valence electrons. The first kappa shape index (κ1) is 26.7. The summed E-state index contributed by atoms with van der Waals surface area (Å²) in [6.07, 6.45) is 3.19. The van der Waals surface area contributed by atoms with Gasteiger partial charge in [-0.05, 0) is 41.0 Å². The van der Waals surface area contributed by atoms with Crippen LogP contribution in [0.4, 0.5) is 11.4 Å². The molecule has 4 aromatic rings. The van der Waals surface area contributed by atoms with E-state index in [0.717, 1.165) is 23.3 Å². The number of ether oxygens (including phenoxy) is 1. The molecule has 1 aliphatic heterocycles. The second-order valence-electron chi connectivity index (χ2n) is 8.89. The van der Waals surface area contributed by atoms with Crippen LogP contribution in [0.25, 0.3) is 0 Å². The van der Waals surface area contributed by atoms with Gasteiger partial charge in [0, 0.05) is 6.07 Å². The zero-order valence-corrected chi connectivity index (χ0v) is 21.3. The van der Waals surface area contributed by atoms with Crippen molar-refractivity contribution in [2.75, 3.05) is 0 Å². The lowest BCUT2D eigenvalue weighted by molar-refractivity contribution is -0.394. The van der Waals surface area contributed by atoms with E-state index in [4.69, 9.17) is 4.74 Å². The number of non-ortho nitro benzene ring substituents is 1. The molecule has 1 heterocycles. The normalized spacial score (nSPS) is 13.7. The van der Waals surface area contributed by atoms with Crippen molar-refractivity contribution in [1.82, 2.24) is 16.3 Å². The summed E-state index contributed by atoms with van der Waals surface area (Å²) in [5, 5.41) is 26.4. The van der Waals surface area contributed by atoms with E-state index >= 15 is 0 Å². The molecule has 0 bridgehead atoms. The van der Waals surface area contributed by atoms with Crippen LogP contribution in [0.5, 0.6) is 11.5 Å². The van der Waals surface area contributed by atoms with E-state index in [9.17, 15) is 25.0 Å². The number of nitrogens with zero attached hydrogens (tertiary/aromatic N) is 3. The largest absolute Gasteiger partial charge is 0.450 e. The molecule has 41 heavy (non-hydrogen) atoms. The van der Waals surface area contributed by atoms with Crippen molar-refractivity contribution in [3.63, 3.8) is 0 Å². The Hall–Kier alpha value is -5.88. The quantitative estimate of drug-likeness (QED) is 0.154. The molecule has 0 saturated carbocycles. The lowest BCUT2D eigenvalue weighted by atomic mass is 9.83. The van der Waals surface area contributed by atoms with Gasteiger partial charge in [-0.2, -0.15) is 5.10 Å². The molecule has 3 N–H and O–H groups in total. The second kappa shape index (κ2) is 11.5. The van der Waals surface area contributed by atoms with Crippen LogP contribution in [0.15, 0.2) is 120 Å². The molecule has 12 heteroatoms. The lowest BCUT2D eigenvalue weighted by Crippen LogP contribution is -2.44. The summed E-state index contributed by atoms with van der Waals surface area (Å²) < 4.78 is 5.62. The highest BCUT2D eigenvalue weighted by molar-refractivity contribution is 5.94. The average Bonchev–Trinajstić information content (AvgIpc) is 3.45. The molecule has 0 aromatic heterocycles. The van der Waals surface area contributed by atoms with Crippen LogP contribution in [0.3, 0.4) is 0 Å². The number of carbonyl (C=O) groups is 1. The highest BCUT2D eigenvalue weighted by atomic mass is 16.6. The van der Waals surface area contributed by atoms with Crippen LogP contribution in [-0.2, 0) is 10.3 Å². The highest BCUT2D eigenvalue weighted by Gasteiger charge is 2.38. The number of carbonyl (C=O) groups excluding carboxylic acids is 1. The van der Waals surface area contributed by atoms with Gasteiger partial charge in [-0.3, -0.25) is 25.0 Å². The average molecular weight is 551 g/mol. The third-order valence-corrected chi connectivity index (χ3v) is 6.27. The van der Waals surface area contributed by atoms with Gasteiger partial charge in [0.25, 0.3) is 11.6 Å². The number of nitro benzene ring substituents is 2. The van der Waals surface area contributed by atoms with Crippen LogP contribution in [0.2, 0.25) is 0 Å². The van der Waals surface area contributed by atoms with Crippen molar-refractivity contribution in [2.24, 2.45) is 5.10 Å². The van der Waals surface area contributed by atoms with Gasteiger partial charge in [-0.25, -0.2) is 10.9 Å². The Kier molecular flexibility index (Phi) is 7.47. The molecule has 12 nitrogen and oxygen atoms in total. The number of rotatable bonds is 9. The first-order valence-corrected chi connectivity index (χ1v) is 12.3. The first-order valence-electron chi connectivity index (χ1n) is 12.3. The fourth-order valence-electron chi connectivity index (χ4n) is 4.32. The minimum Gasteiger partial charge on any atom is -0.450 e. The van der Waals surface area contributed by atoms with E-state index in [1.165, 1.54) is 12.3 Å². The molecule has 0 saturated heterocycles. The van der Waals surface area contributed by atoms with Crippen molar-refractivity contribution in [2.45, 2.75) is 5.54 Å². The Morgan fingerprint density at radius 1 is 0.854 bits per heavy atom. The molecule has 0 radical (unpaired) electrons. The maximum Gasteiger partial charge on any atom is 0.318 e. The van der Waals surface area contributed by atoms with Crippen LogP contribution >= 0.6 is 0 Å². The van der Waals surface area contributed by atoms with E-state index in [-0.39, 0.29) is 17.2 Å². The maximum absolute atomic E-state index is 12.9. The molecule has 0 aliphatic carbocycles. The van der Waals surface area contributed by atoms with Crippen LogP contribution in [0, 0.1) is 20.2 Å². The zero-order valence-electron chi connectivity index (χ0n) is 21.3. The Labute approximate surface area is 233 Å². The predicted molar refractivity (Wildman–Crippen MR) is 150 cm³/mol. The van der Waals surface area contributed by atoms with Crippen LogP contribution < -0.4 is 21.0 Å². The smallest absolute Gasteiger partial charge is 0.318 e. The molecule has 1 amide bonds. The number of nitro groups is 2. The summed E-state index contributed by atoms with van der Waals surface area (Å²) in [6, 6.07) is 29.0. The third-order valence-electron chi connectivity index (χ3n) is 6.27. The summed E-state index contributed by atoms with van der Waals surface area (Å²) in [5.41, 5.74) is 9.63. The minimum atomic E-state index is -0.773. The molecule has 0 fully saturated rings. The molecule has 0 unspecified atom stereocenters. The monoisotopic (exact) mass is 550 g/mol. The van der Waals surface area contributed by atoms with Gasteiger partial charge in [0.05, 0.1) is 22.1 Å². The van der Waals surface area contributed by atoms with Gasteiger partial charge in [0.15, 0.2) is 0 Å². The number of nitrogens with one attached hydrogen (secondary N) is 3. The van der Waals surface area contributed by atoms with Crippen molar-refractivity contribution in [3.05, 3.63) is 152 Å². The third kappa shape index (κ3) is 5.77. The predicted octanol–water partition coefficient (Wildman–Crippen LogP) is 4.68. The molecule has 5 rings (SSSR count). The van der Waals surface area contributed by atoms with Crippen LogP contribution in [-0.4, -0.2) is 22.0 Å². The summed E-state index contributed by atoms with van der Waals surface area (Å²) in [4.78, 5) is 33.8. The SMILES string of the molecule is O=C(NN=Cc1cccc(Oc2ccc([N+](=O)[O-])cc2[N+](=O)[O-])c1)C1=CC(c2ccccc2)(c2ccccc2)NN1. The molecule has 4 aromatic carbocycles. The van der Waals surface area contributed by atoms with E-state index in [1.807, 2.05) is 60.7 Å². The Morgan fingerprint density at radius 3 is 2.17 bits per heavy atom. The van der Waals surface area contributed by atoms with E-state index in [2.05, 4.69) is 21.4 Å². The van der Waals surface area contributed by atoms with Crippen molar-refractivity contribution in [1.29, 1.82) is 0 Å². The molecule has 1 aliphatic rings. The van der Waals surface area contributed by atoms with Gasteiger partial charge in [-0.1, -0.05) is 72.8 Å². The second-order valence-corrected chi connectivity index (χ2v) is 8.89. The zero-order chi connectivity index (χ0) is 28.8. The van der Waals surface area contributed by atoms with Crippen molar-refractivity contribution in [3.8, 4) is 11.5 Å². The molecule has 0 atom stereocenters. The molecular formula is C29H22N6O6. The topological polar surface area (TPSA) is 161 Å². The summed E-state index contributed by atoms with van der Waals surface area (Å²) >= 11 is 0. The standard InChI is InChI=1S/C29H22N6O6/c36-28(25-18-29(33-31-25,21-9-3-1-4-10-21)22-11-5-2-6-12-22)32-30-19-20-8-7-13-24(16-20)41-27-15-14-23(34(37)38)17-26(27)35(39)40/h1-19,31,33H,(H,32,36). The van der Waals surface area contributed by atoms with Crippen molar-refractivity contribution >= 4 is 23.5 Å². The van der Waals surface area contributed by atoms with E-state index < -0.39 is 32.7 Å². The van der Waals surface area contributed by atoms with Gasteiger partial charge in [0.1, 0.15) is 17.0 Å². The van der Waals surface area contributed by atoms with Crippen molar-refractivity contribution < 1.29 is 19.4 Å². The molecule has 0 spiro atoms. The van der Waals surface area contributed by atoms with Crippen LogP contribution in [0.1, 0.15) is 16.7 Å². The lowest BCUT2D eigenvalue weighted by Gasteiger charge is -2.28. The number of hydrazone groups is 1. The number of amides is 1. The number of hydrogen-bond donors (Lipinski definition) is 3. The maximum atomic E-state index is 12.9. The summed E-state index contributed by atoms with van der Waals surface area (Å²) in [5.74, 6) is -0.399. The molecular weight excluding hydrogens is 528 g/mol. The Bertz CT molecular complexity index is 1630. The minimum absolute atomic E-state index is 0.157. The fourth-order valence-corrected chi connectivity index (χ4v) is 4.32. The number of hydrazine groups is 1. The fraction of sp³-hybridized carbons (Fsp3) is 0.0345.